The number of hydrogen-bond donors (Lipinski definition) is 4. The van der Waals surface area contributed by atoms with Crippen LogP contribution in [-0.2, 0) is 20.4 Å². The SMILES string of the molecule is CCCCC1(c2ccc(O)cc2)C(=O)Nc2c1ccc(F)c2F.O=C1Nc2c(ccc(F)c2F)C1(c1ccc(O)cc1)C1CCCCC1. The Kier molecular flexibility index (Phi) is 8.94. The fraction of sp³-hybridized carbons (Fsp3) is 0.316. The number of halogens is 4. The van der Waals surface area contributed by atoms with Gasteiger partial charge in [-0.25, -0.2) is 17.6 Å². The number of rotatable bonds is 6. The molecule has 2 amide bonds. The molecule has 7 rings (SSSR count). The average molecular weight is 661 g/mol. The Hall–Kier alpha value is -4.86. The minimum Gasteiger partial charge on any atom is -0.508 e. The molecular formula is C38H36F4N2O4. The van der Waals surface area contributed by atoms with Gasteiger partial charge >= 0.3 is 0 Å². The number of carbonyl (C=O) groups excluding carboxylic acids is 2. The summed E-state index contributed by atoms with van der Waals surface area (Å²) in [5.74, 6) is -4.48. The van der Waals surface area contributed by atoms with Gasteiger partial charge in [-0.3, -0.25) is 9.59 Å². The highest BCUT2D eigenvalue weighted by molar-refractivity contribution is 6.10. The van der Waals surface area contributed by atoms with E-state index in [1.165, 1.54) is 36.4 Å². The van der Waals surface area contributed by atoms with Crippen LogP contribution >= 0.6 is 0 Å². The maximum atomic E-state index is 14.3. The van der Waals surface area contributed by atoms with Crippen molar-refractivity contribution < 1.29 is 37.4 Å². The van der Waals surface area contributed by atoms with E-state index < -0.39 is 34.1 Å². The zero-order valence-electron chi connectivity index (χ0n) is 26.4. The van der Waals surface area contributed by atoms with E-state index in [-0.39, 0.29) is 40.6 Å². The van der Waals surface area contributed by atoms with E-state index in [9.17, 15) is 37.4 Å². The molecule has 0 spiro atoms. The topological polar surface area (TPSA) is 98.7 Å². The summed E-state index contributed by atoms with van der Waals surface area (Å²) in [7, 11) is 0. The number of phenolic OH excluding ortho intramolecular Hbond substituents is 2. The van der Waals surface area contributed by atoms with Crippen LogP contribution in [0.5, 0.6) is 11.5 Å². The Balaban J connectivity index is 0.000000168. The van der Waals surface area contributed by atoms with E-state index in [0.717, 1.165) is 57.1 Å². The predicted octanol–water partition coefficient (Wildman–Crippen LogP) is 8.59. The Morgan fingerprint density at radius 2 is 1.17 bits per heavy atom. The summed E-state index contributed by atoms with van der Waals surface area (Å²) in [6, 6.07) is 17.9. The van der Waals surface area contributed by atoms with E-state index in [1.54, 1.807) is 24.3 Å². The fourth-order valence-electron chi connectivity index (χ4n) is 7.76. The Bertz CT molecular complexity index is 1860. The molecule has 2 aliphatic heterocycles. The Morgan fingerprint density at radius 3 is 1.73 bits per heavy atom. The highest BCUT2D eigenvalue weighted by Gasteiger charge is 2.54. The first-order valence-corrected chi connectivity index (χ1v) is 16.2. The molecule has 0 radical (unpaired) electrons. The third-order valence-electron chi connectivity index (χ3n) is 10.1. The number of amides is 2. The highest BCUT2D eigenvalue weighted by Crippen LogP contribution is 2.53. The van der Waals surface area contributed by atoms with E-state index in [4.69, 9.17) is 0 Å². The summed E-state index contributed by atoms with van der Waals surface area (Å²) in [5.41, 5.74) is 0.0637. The number of benzene rings is 4. The largest absolute Gasteiger partial charge is 0.508 e. The van der Waals surface area contributed by atoms with Crippen molar-refractivity contribution in [3.63, 3.8) is 0 Å². The Morgan fingerprint density at radius 1 is 0.667 bits per heavy atom. The van der Waals surface area contributed by atoms with Crippen molar-refractivity contribution in [3.05, 3.63) is 118 Å². The first kappa shape index (κ1) is 33.1. The zero-order chi connectivity index (χ0) is 34.2. The smallest absolute Gasteiger partial charge is 0.239 e. The van der Waals surface area contributed by atoms with E-state index in [2.05, 4.69) is 10.6 Å². The van der Waals surface area contributed by atoms with Gasteiger partial charge in [0.2, 0.25) is 11.8 Å². The molecule has 2 unspecified atom stereocenters. The molecule has 1 fully saturated rings. The van der Waals surface area contributed by atoms with E-state index in [0.29, 0.717) is 28.7 Å². The van der Waals surface area contributed by atoms with Crippen LogP contribution < -0.4 is 10.6 Å². The molecule has 4 aromatic carbocycles. The molecule has 2 atom stereocenters. The Labute approximate surface area is 275 Å². The maximum Gasteiger partial charge on any atom is 0.239 e. The number of unbranched alkanes of at least 4 members (excludes halogenated alkanes) is 1. The number of phenols is 2. The van der Waals surface area contributed by atoms with E-state index >= 15 is 0 Å². The monoisotopic (exact) mass is 660 g/mol. The fourth-order valence-corrected chi connectivity index (χ4v) is 7.76. The summed E-state index contributed by atoms with van der Waals surface area (Å²) in [6.07, 6.45) is 6.96. The van der Waals surface area contributed by atoms with Crippen molar-refractivity contribution in [1.82, 2.24) is 0 Å². The van der Waals surface area contributed by atoms with Crippen LogP contribution in [0.25, 0.3) is 0 Å². The standard InChI is InChI=1S/C20H19F2NO2.C18H17F2NO2/c21-16-11-10-15-18(17(16)22)23-19(25)20(15,12-4-2-1-3-5-12)13-6-8-14(24)9-7-13;1-2-3-10-18(11-4-6-12(22)7-5-11)13-8-9-14(19)15(20)16(13)21-17(18)23/h6-12,24H,1-5H2,(H,23,25);4-9,22H,2-3,10H2,1H3,(H,21,23). The molecule has 10 heteroatoms. The normalized spacial score (nSPS) is 21.5. The predicted molar refractivity (Wildman–Crippen MR) is 174 cm³/mol. The summed E-state index contributed by atoms with van der Waals surface area (Å²) < 4.78 is 55.6. The number of nitrogens with one attached hydrogen (secondary N) is 2. The maximum absolute atomic E-state index is 14.3. The van der Waals surface area contributed by atoms with Crippen LogP contribution in [0.3, 0.4) is 0 Å². The zero-order valence-corrected chi connectivity index (χ0v) is 26.4. The number of fused-ring (bicyclic) bond motifs is 2. The van der Waals surface area contributed by atoms with Crippen molar-refractivity contribution in [2.24, 2.45) is 5.92 Å². The van der Waals surface area contributed by atoms with Crippen molar-refractivity contribution in [3.8, 4) is 11.5 Å². The van der Waals surface area contributed by atoms with Gasteiger partial charge in [0.05, 0.1) is 11.4 Å². The number of hydrogen-bond acceptors (Lipinski definition) is 4. The molecule has 2 heterocycles. The van der Waals surface area contributed by atoms with Gasteiger partial charge < -0.3 is 20.8 Å². The third kappa shape index (κ3) is 5.27. The molecule has 1 saturated carbocycles. The van der Waals surface area contributed by atoms with Crippen LogP contribution in [0.15, 0.2) is 72.8 Å². The molecule has 4 N–H and O–H groups in total. The van der Waals surface area contributed by atoms with Crippen molar-refractivity contribution in [2.45, 2.75) is 69.1 Å². The van der Waals surface area contributed by atoms with Crippen molar-refractivity contribution in [2.75, 3.05) is 10.6 Å². The molecule has 48 heavy (non-hydrogen) atoms. The second-order valence-electron chi connectivity index (χ2n) is 12.7. The molecule has 1 aliphatic carbocycles. The van der Waals surface area contributed by atoms with Gasteiger partial charge in [0.25, 0.3) is 0 Å². The second kappa shape index (κ2) is 13.0. The average Bonchev–Trinajstić information content (AvgIpc) is 3.56. The van der Waals surface area contributed by atoms with Crippen LogP contribution in [0.4, 0.5) is 28.9 Å². The third-order valence-corrected chi connectivity index (χ3v) is 10.1. The van der Waals surface area contributed by atoms with Gasteiger partial charge in [-0.05, 0) is 83.8 Å². The number of anilines is 2. The lowest BCUT2D eigenvalue weighted by Gasteiger charge is -2.39. The quantitative estimate of drug-likeness (QED) is 0.156. The lowest BCUT2D eigenvalue weighted by Crippen LogP contribution is -2.43. The van der Waals surface area contributed by atoms with Gasteiger partial charge in [-0.2, -0.15) is 0 Å². The summed E-state index contributed by atoms with van der Waals surface area (Å²) in [5, 5.41) is 24.2. The molecule has 0 bridgehead atoms. The second-order valence-corrected chi connectivity index (χ2v) is 12.7. The summed E-state index contributed by atoms with van der Waals surface area (Å²) >= 11 is 0. The van der Waals surface area contributed by atoms with Gasteiger partial charge in [0, 0.05) is 0 Å². The van der Waals surface area contributed by atoms with Gasteiger partial charge in [-0.15, -0.1) is 0 Å². The van der Waals surface area contributed by atoms with Crippen LogP contribution in [0, 0.1) is 29.2 Å². The van der Waals surface area contributed by atoms with E-state index in [1.807, 2.05) is 6.92 Å². The lowest BCUT2D eigenvalue weighted by atomic mass is 9.62. The molecule has 0 saturated heterocycles. The molecule has 0 aromatic heterocycles. The molecule has 4 aromatic rings. The minimum absolute atomic E-state index is 0.0110. The first-order valence-electron chi connectivity index (χ1n) is 16.2. The van der Waals surface area contributed by atoms with Gasteiger partial charge in [0.15, 0.2) is 23.3 Å². The van der Waals surface area contributed by atoms with Crippen molar-refractivity contribution in [1.29, 1.82) is 0 Å². The van der Waals surface area contributed by atoms with Gasteiger partial charge in [-0.1, -0.05) is 75.4 Å². The number of carbonyl (C=O) groups is 2. The van der Waals surface area contributed by atoms with Crippen LogP contribution in [-0.4, -0.2) is 22.0 Å². The van der Waals surface area contributed by atoms with Gasteiger partial charge in [0.1, 0.15) is 22.3 Å². The lowest BCUT2D eigenvalue weighted by molar-refractivity contribution is -0.121. The number of aromatic hydroxyl groups is 2. The minimum atomic E-state index is -1.06. The molecule has 6 nitrogen and oxygen atoms in total. The first-order chi connectivity index (χ1) is 23.0. The summed E-state index contributed by atoms with van der Waals surface area (Å²) in [4.78, 5) is 25.9. The molecule has 250 valence electrons. The molecular weight excluding hydrogens is 624 g/mol. The summed E-state index contributed by atoms with van der Waals surface area (Å²) in [6.45, 7) is 2.00. The van der Waals surface area contributed by atoms with Crippen LogP contribution in [0.1, 0.15) is 80.5 Å². The molecule has 3 aliphatic rings. The highest BCUT2D eigenvalue weighted by atomic mass is 19.2. The van der Waals surface area contributed by atoms with Crippen LogP contribution in [0.2, 0.25) is 0 Å². The van der Waals surface area contributed by atoms with Crippen molar-refractivity contribution >= 4 is 23.2 Å².